The smallest absolute Gasteiger partial charge is 0.410 e. The standard InChI is InChI=1S/C17H20FNO4/c1-17(2,3)23-16(22)19-8-6-11(7-9-19)12-4-5-13(15(20)21)14(18)10-12/h4-6,10H,7-9H2,1-3H3,(H,20,21). The van der Waals surface area contributed by atoms with Crippen LogP contribution < -0.4 is 0 Å². The zero-order valence-electron chi connectivity index (χ0n) is 13.4. The summed E-state index contributed by atoms with van der Waals surface area (Å²) in [5, 5.41) is 8.84. The molecule has 124 valence electrons. The van der Waals surface area contributed by atoms with Gasteiger partial charge in [0.05, 0.1) is 5.56 Å². The van der Waals surface area contributed by atoms with E-state index < -0.39 is 17.4 Å². The van der Waals surface area contributed by atoms with Gasteiger partial charge in [0.15, 0.2) is 0 Å². The van der Waals surface area contributed by atoms with Crippen LogP contribution in [0.2, 0.25) is 0 Å². The minimum Gasteiger partial charge on any atom is -0.478 e. The third-order valence-electron chi connectivity index (χ3n) is 3.43. The van der Waals surface area contributed by atoms with Crippen LogP contribution in [-0.2, 0) is 4.74 Å². The normalized spacial score (nSPS) is 15.1. The first-order chi connectivity index (χ1) is 10.7. The van der Waals surface area contributed by atoms with Gasteiger partial charge >= 0.3 is 12.1 Å². The lowest BCUT2D eigenvalue weighted by Crippen LogP contribution is -2.39. The summed E-state index contributed by atoms with van der Waals surface area (Å²) in [7, 11) is 0. The van der Waals surface area contributed by atoms with Gasteiger partial charge in [0.1, 0.15) is 11.4 Å². The van der Waals surface area contributed by atoms with Crippen molar-refractivity contribution in [1.82, 2.24) is 4.90 Å². The molecule has 23 heavy (non-hydrogen) atoms. The molecule has 0 atom stereocenters. The second-order valence-corrected chi connectivity index (χ2v) is 6.41. The van der Waals surface area contributed by atoms with E-state index in [1.54, 1.807) is 11.0 Å². The Bertz CT molecular complexity index is 661. The first kappa shape index (κ1) is 17.0. The van der Waals surface area contributed by atoms with Crippen molar-refractivity contribution in [1.29, 1.82) is 0 Å². The average molecular weight is 321 g/mol. The molecule has 0 saturated carbocycles. The number of benzene rings is 1. The van der Waals surface area contributed by atoms with Crippen LogP contribution in [0.3, 0.4) is 0 Å². The Morgan fingerprint density at radius 2 is 2.00 bits per heavy atom. The molecule has 1 aromatic rings. The average Bonchev–Trinajstić information content (AvgIpc) is 2.45. The lowest BCUT2D eigenvalue weighted by Gasteiger charge is -2.29. The van der Waals surface area contributed by atoms with Crippen LogP contribution >= 0.6 is 0 Å². The van der Waals surface area contributed by atoms with Gasteiger partial charge in [0.2, 0.25) is 0 Å². The molecule has 1 amide bonds. The lowest BCUT2D eigenvalue weighted by molar-refractivity contribution is 0.0270. The molecule has 1 aliphatic heterocycles. The minimum atomic E-state index is -1.29. The highest BCUT2D eigenvalue weighted by atomic mass is 19.1. The van der Waals surface area contributed by atoms with Crippen molar-refractivity contribution >= 4 is 17.6 Å². The predicted octanol–water partition coefficient (Wildman–Crippen LogP) is 3.55. The number of ether oxygens (including phenoxy) is 1. The number of halogens is 1. The van der Waals surface area contributed by atoms with E-state index in [0.29, 0.717) is 25.1 Å². The number of hydrogen-bond acceptors (Lipinski definition) is 3. The third kappa shape index (κ3) is 4.31. The lowest BCUT2D eigenvalue weighted by atomic mass is 9.98. The molecule has 0 saturated heterocycles. The number of carboxylic acid groups (broad SMARTS) is 1. The Balaban J connectivity index is 2.09. The van der Waals surface area contributed by atoms with Crippen LogP contribution in [0, 0.1) is 5.82 Å². The van der Waals surface area contributed by atoms with E-state index in [1.165, 1.54) is 12.1 Å². The molecule has 1 aromatic carbocycles. The number of nitrogens with zero attached hydrogens (tertiary/aromatic N) is 1. The maximum absolute atomic E-state index is 13.8. The van der Waals surface area contributed by atoms with E-state index in [1.807, 2.05) is 26.8 Å². The van der Waals surface area contributed by atoms with Crippen molar-refractivity contribution in [3.8, 4) is 0 Å². The minimum absolute atomic E-state index is 0.347. The number of carbonyl (C=O) groups is 2. The molecule has 6 heteroatoms. The van der Waals surface area contributed by atoms with Crippen LogP contribution in [0.25, 0.3) is 5.57 Å². The maximum atomic E-state index is 13.8. The fourth-order valence-corrected chi connectivity index (χ4v) is 2.31. The molecule has 0 aromatic heterocycles. The summed E-state index contributed by atoms with van der Waals surface area (Å²) in [6.07, 6.45) is 2.02. The maximum Gasteiger partial charge on any atom is 0.410 e. The van der Waals surface area contributed by atoms with E-state index >= 15 is 0 Å². The van der Waals surface area contributed by atoms with Gasteiger partial charge < -0.3 is 14.7 Å². The van der Waals surface area contributed by atoms with Gasteiger partial charge in [-0.05, 0) is 50.5 Å². The van der Waals surface area contributed by atoms with Crippen molar-refractivity contribution in [3.05, 3.63) is 41.2 Å². The highest BCUT2D eigenvalue weighted by Crippen LogP contribution is 2.25. The van der Waals surface area contributed by atoms with Crippen LogP contribution in [0.4, 0.5) is 9.18 Å². The quantitative estimate of drug-likeness (QED) is 0.904. The molecule has 1 N–H and O–H groups in total. The molecule has 1 aliphatic rings. The van der Waals surface area contributed by atoms with Crippen LogP contribution in [0.15, 0.2) is 24.3 Å². The van der Waals surface area contributed by atoms with Crippen LogP contribution in [-0.4, -0.2) is 40.8 Å². The summed E-state index contributed by atoms with van der Waals surface area (Å²) in [4.78, 5) is 24.4. The van der Waals surface area contributed by atoms with Gasteiger partial charge in [0, 0.05) is 13.1 Å². The van der Waals surface area contributed by atoms with Crippen LogP contribution in [0.5, 0.6) is 0 Å². The second kappa shape index (κ2) is 6.40. The summed E-state index contributed by atoms with van der Waals surface area (Å²) < 4.78 is 19.1. The number of carboxylic acids is 1. The third-order valence-corrected chi connectivity index (χ3v) is 3.43. The molecule has 0 bridgehead atoms. The number of amides is 1. The molecule has 0 spiro atoms. The van der Waals surface area contributed by atoms with E-state index in [9.17, 15) is 14.0 Å². The van der Waals surface area contributed by atoms with Gasteiger partial charge in [-0.2, -0.15) is 0 Å². The highest BCUT2D eigenvalue weighted by molar-refractivity contribution is 5.88. The summed E-state index contributed by atoms with van der Waals surface area (Å²) in [6, 6.07) is 4.06. The van der Waals surface area contributed by atoms with Gasteiger partial charge in [-0.3, -0.25) is 0 Å². The molecule has 2 rings (SSSR count). The van der Waals surface area contributed by atoms with Crippen molar-refractivity contribution in [3.63, 3.8) is 0 Å². The first-order valence-electron chi connectivity index (χ1n) is 7.37. The van der Waals surface area contributed by atoms with Gasteiger partial charge in [-0.15, -0.1) is 0 Å². The molecule has 0 unspecified atom stereocenters. The summed E-state index contributed by atoms with van der Waals surface area (Å²) in [5.74, 6) is -2.05. The zero-order valence-corrected chi connectivity index (χ0v) is 13.4. The van der Waals surface area contributed by atoms with Crippen molar-refractivity contribution in [2.24, 2.45) is 0 Å². The molecule has 0 fully saturated rings. The molecule has 0 aliphatic carbocycles. The van der Waals surface area contributed by atoms with Crippen molar-refractivity contribution < 1.29 is 23.8 Å². The topological polar surface area (TPSA) is 66.8 Å². The van der Waals surface area contributed by atoms with Gasteiger partial charge in [0.25, 0.3) is 0 Å². The fourth-order valence-electron chi connectivity index (χ4n) is 2.31. The predicted molar refractivity (Wildman–Crippen MR) is 83.8 cm³/mol. The van der Waals surface area contributed by atoms with Crippen molar-refractivity contribution in [2.45, 2.75) is 32.8 Å². The van der Waals surface area contributed by atoms with E-state index in [0.717, 1.165) is 5.57 Å². The molecule has 5 nitrogen and oxygen atoms in total. The summed E-state index contributed by atoms with van der Waals surface area (Å²) in [5.41, 5.74) is 0.633. The fraction of sp³-hybridized carbons (Fsp3) is 0.412. The van der Waals surface area contributed by atoms with E-state index in [4.69, 9.17) is 9.84 Å². The van der Waals surface area contributed by atoms with E-state index in [-0.39, 0.29) is 11.7 Å². The Morgan fingerprint density at radius 3 is 2.48 bits per heavy atom. The molecular weight excluding hydrogens is 301 g/mol. The van der Waals surface area contributed by atoms with Crippen LogP contribution in [0.1, 0.15) is 43.1 Å². The second-order valence-electron chi connectivity index (χ2n) is 6.41. The van der Waals surface area contributed by atoms with Gasteiger partial charge in [-0.25, -0.2) is 14.0 Å². The first-order valence-corrected chi connectivity index (χ1v) is 7.37. The Hall–Kier alpha value is -2.37. The zero-order chi connectivity index (χ0) is 17.2. The number of hydrogen-bond donors (Lipinski definition) is 1. The molecular formula is C17H20FNO4. The number of carbonyl (C=O) groups excluding carboxylic acids is 1. The Labute approximate surface area is 134 Å². The summed E-state index contributed by atoms with van der Waals surface area (Å²) >= 11 is 0. The Kier molecular flexibility index (Phi) is 4.73. The number of rotatable bonds is 2. The van der Waals surface area contributed by atoms with Gasteiger partial charge in [-0.1, -0.05) is 12.1 Å². The monoisotopic (exact) mass is 321 g/mol. The SMILES string of the molecule is CC(C)(C)OC(=O)N1CC=C(c2ccc(C(=O)O)c(F)c2)CC1. The van der Waals surface area contributed by atoms with Crippen molar-refractivity contribution in [2.75, 3.05) is 13.1 Å². The molecule has 1 heterocycles. The number of aromatic carboxylic acids is 1. The Morgan fingerprint density at radius 1 is 1.30 bits per heavy atom. The molecule has 0 radical (unpaired) electrons. The highest BCUT2D eigenvalue weighted by Gasteiger charge is 2.24. The summed E-state index contributed by atoms with van der Waals surface area (Å²) in [6.45, 7) is 6.28. The largest absolute Gasteiger partial charge is 0.478 e. The van der Waals surface area contributed by atoms with E-state index in [2.05, 4.69) is 0 Å².